The molecule has 1 heterocycles. The quantitative estimate of drug-likeness (QED) is 0.845. The van der Waals surface area contributed by atoms with Crippen LogP contribution in [0.15, 0.2) is 24.3 Å². The molecule has 0 radical (unpaired) electrons. The Morgan fingerprint density at radius 3 is 2.52 bits per heavy atom. The van der Waals surface area contributed by atoms with Gasteiger partial charge in [0.15, 0.2) is 0 Å². The van der Waals surface area contributed by atoms with Crippen molar-refractivity contribution in [1.82, 2.24) is 10.2 Å². The maximum Gasteiger partial charge on any atom is 0.240 e. The molecule has 0 unspecified atom stereocenters. The normalized spacial score (nSPS) is 20.3. The largest absolute Gasteiger partial charge is 0.508 e. The van der Waals surface area contributed by atoms with Crippen LogP contribution in [0.4, 0.5) is 0 Å². The number of rotatable bonds is 6. The average Bonchev–Trinajstić information content (AvgIpc) is 2.80. The lowest BCUT2D eigenvalue weighted by molar-refractivity contribution is -0.130. The molecule has 0 saturated carbocycles. The number of carbonyl (C=O) groups excluding carboxylic acids is 1. The van der Waals surface area contributed by atoms with Crippen molar-refractivity contribution >= 4 is 5.91 Å². The highest BCUT2D eigenvalue weighted by Crippen LogP contribution is 2.16. The van der Waals surface area contributed by atoms with E-state index in [4.69, 9.17) is 0 Å². The van der Waals surface area contributed by atoms with Crippen LogP contribution in [0.5, 0.6) is 5.75 Å². The standard InChI is InChI=1S/C17H26N2O2/c1-12(2)19-11-10-16(17(19)21)18-13(3)4-5-14-6-8-15(20)9-7-14/h6-9,12-13,16,18,20H,4-5,10-11H2,1-3H3/t13-,16+/m1/s1. The SMILES string of the molecule is CC(C)N1CC[C@H](N[C@H](C)CCc2ccc(O)cc2)C1=O. The summed E-state index contributed by atoms with van der Waals surface area (Å²) in [6.45, 7) is 7.12. The molecule has 0 bridgehead atoms. The van der Waals surface area contributed by atoms with Crippen LogP contribution in [0, 0.1) is 0 Å². The van der Waals surface area contributed by atoms with Crippen molar-refractivity contribution in [3.8, 4) is 5.75 Å². The number of aromatic hydroxyl groups is 1. The first kappa shape index (κ1) is 15.8. The molecule has 1 fully saturated rings. The highest BCUT2D eigenvalue weighted by atomic mass is 16.3. The topological polar surface area (TPSA) is 52.6 Å². The van der Waals surface area contributed by atoms with Crippen molar-refractivity contribution in [3.05, 3.63) is 29.8 Å². The molecule has 2 N–H and O–H groups in total. The second-order valence-electron chi connectivity index (χ2n) is 6.24. The van der Waals surface area contributed by atoms with Crippen LogP contribution in [-0.4, -0.2) is 40.6 Å². The summed E-state index contributed by atoms with van der Waals surface area (Å²) in [4.78, 5) is 14.2. The molecule has 2 atom stereocenters. The zero-order valence-corrected chi connectivity index (χ0v) is 13.2. The number of phenolic OH excluding ortho intramolecular Hbond substituents is 1. The molecule has 4 nitrogen and oxygen atoms in total. The molecule has 21 heavy (non-hydrogen) atoms. The van der Waals surface area contributed by atoms with Crippen molar-refractivity contribution in [2.24, 2.45) is 0 Å². The summed E-state index contributed by atoms with van der Waals surface area (Å²) in [5.74, 6) is 0.539. The monoisotopic (exact) mass is 290 g/mol. The summed E-state index contributed by atoms with van der Waals surface area (Å²) < 4.78 is 0. The van der Waals surface area contributed by atoms with Gasteiger partial charge in [-0.2, -0.15) is 0 Å². The van der Waals surface area contributed by atoms with E-state index in [1.807, 2.05) is 17.0 Å². The molecule has 2 rings (SSSR count). The average molecular weight is 290 g/mol. The highest BCUT2D eigenvalue weighted by Gasteiger charge is 2.33. The Morgan fingerprint density at radius 2 is 1.95 bits per heavy atom. The van der Waals surface area contributed by atoms with E-state index in [1.54, 1.807) is 12.1 Å². The minimum atomic E-state index is -0.0257. The second-order valence-corrected chi connectivity index (χ2v) is 6.24. The molecule has 116 valence electrons. The van der Waals surface area contributed by atoms with Gasteiger partial charge in [0, 0.05) is 18.6 Å². The lowest BCUT2D eigenvalue weighted by Gasteiger charge is -2.22. The number of aryl methyl sites for hydroxylation is 1. The van der Waals surface area contributed by atoms with Gasteiger partial charge in [-0.3, -0.25) is 4.79 Å². The number of phenols is 1. The second kappa shape index (κ2) is 6.94. The maximum absolute atomic E-state index is 12.2. The molecule has 0 aromatic heterocycles. The van der Waals surface area contributed by atoms with Crippen LogP contribution in [0.3, 0.4) is 0 Å². The van der Waals surface area contributed by atoms with Gasteiger partial charge in [0.05, 0.1) is 6.04 Å². The first-order valence-electron chi connectivity index (χ1n) is 7.82. The van der Waals surface area contributed by atoms with E-state index in [2.05, 4.69) is 26.1 Å². The van der Waals surface area contributed by atoms with Crippen molar-refractivity contribution in [3.63, 3.8) is 0 Å². The molecule has 1 aliphatic rings. The van der Waals surface area contributed by atoms with Gasteiger partial charge in [-0.15, -0.1) is 0 Å². The van der Waals surface area contributed by atoms with Crippen LogP contribution in [0.25, 0.3) is 0 Å². The predicted octanol–water partition coefficient (Wildman–Crippen LogP) is 2.31. The van der Waals surface area contributed by atoms with Gasteiger partial charge in [0.25, 0.3) is 0 Å². The van der Waals surface area contributed by atoms with Gasteiger partial charge in [-0.25, -0.2) is 0 Å². The lowest BCUT2D eigenvalue weighted by atomic mass is 10.1. The number of nitrogens with zero attached hydrogens (tertiary/aromatic N) is 1. The van der Waals surface area contributed by atoms with Gasteiger partial charge >= 0.3 is 0 Å². The van der Waals surface area contributed by atoms with Gasteiger partial charge in [-0.05, 0) is 57.7 Å². The Balaban J connectivity index is 1.78. The van der Waals surface area contributed by atoms with Crippen molar-refractivity contribution in [2.75, 3.05) is 6.54 Å². The van der Waals surface area contributed by atoms with E-state index in [0.717, 1.165) is 25.8 Å². The summed E-state index contributed by atoms with van der Waals surface area (Å²) >= 11 is 0. The summed E-state index contributed by atoms with van der Waals surface area (Å²) in [5, 5.41) is 12.7. The van der Waals surface area contributed by atoms with Crippen LogP contribution < -0.4 is 5.32 Å². The van der Waals surface area contributed by atoms with E-state index in [9.17, 15) is 9.90 Å². The number of hydrogen-bond donors (Lipinski definition) is 2. The molecular weight excluding hydrogens is 264 g/mol. The van der Waals surface area contributed by atoms with E-state index in [-0.39, 0.29) is 18.0 Å². The number of carbonyl (C=O) groups is 1. The zero-order valence-electron chi connectivity index (χ0n) is 13.2. The molecule has 1 aromatic carbocycles. The first-order valence-corrected chi connectivity index (χ1v) is 7.82. The molecular formula is C17H26N2O2. The maximum atomic E-state index is 12.2. The molecule has 0 aliphatic carbocycles. The van der Waals surface area contributed by atoms with Crippen LogP contribution >= 0.6 is 0 Å². The number of benzene rings is 1. The summed E-state index contributed by atoms with van der Waals surface area (Å²) in [6.07, 6.45) is 2.83. The third-order valence-corrected chi connectivity index (χ3v) is 4.15. The Morgan fingerprint density at radius 1 is 1.29 bits per heavy atom. The van der Waals surface area contributed by atoms with Crippen molar-refractivity contribution in [1.29, 1.82) is 0 Å². The Bertz CT molecular complexity index is 470. The third kappa shape index (κ3) is 4.21. The summed E-state index contributed by atoms with van der Waals surface area (Å²) in [7, 11) is 0. The fourth-order valence-electron chi connectivity index (χ4n) is 2.84. The lowest BCUT2D eigenvalue weighted by Crippen LogP contribution is -2.44. The smallest absolute Gasteiger partial charge is 0.240 e. The zero-order chi connectivity index (χ0) is 15.4. The van der Waals surface area contributed by atoms with Crippen LogP contribution in [-0.2, 0) is 11.2 Å². The first-order chi connectivity index (χ1) is 9.97. The summed E-state index contributed by atoms with van der Waals surface area (Å²) in [6, 6.07) is 7.90. The Hall–Kier alpha value is -1.55. The number of amides is 1. The predicted molar refractivity (Wildman–Crippen MR) is 84.3 cm³/mol. The van der Waals surface area contributed by atoms with Gasteiger partial charge in [-0.1, -0.05) is 12.1 Å². The Kier molecular flexibility index (Phi) is 5.23. The van der Waals surface area contributed by atoms with Gasteiger partial charge in [0.1, 0.15) is 5.75 Å². The van der Waals surface area contributed by atoms with Crippen LogP contribution in [0.2, 0.25) is 0 Å². The van der Waals surface area contributed by atoms with E-state index in [0.29, 0.717) is 11.8 Å². The van der Waals surface area contributed by atoms with Gasteiger partial charge < -0.3 is 15.3 Å². The van der Waals surface area contributed by atoms with Gasteiger partial charge in [0.2, 0.25) is 5.91 Å². The number of hydrogen-bond acceptors (Lipinski definition) is 3. The number of nitrogens with one attached hydrogen (secondary N) is 1. The van der Waals surface area contributed by atoms with E-state index >= 15 is 0 Å². The minimum absolute atomic E-state index is 0.0257. The fraction of sp³-hybridized carbons (Fsp3) is 0.588. The number of likely N-dealkylation sites (tertiary alicyclic amines) is 1. The summed E-state index contributed by atoms with van der Waals surface area (Å²) in [5.41, 5.74) is 1.21. The van der Waals surface area contributed by atoms with Crippen LogP contribution in [0.1, 0.15) is 39.2 Å². The van der Waals surface area contributed by atoms with E-state index in [1.165, 1.54) is 5.56 Å². The third-order valence-electron chi connectivity index (χ3n) is 4.15. The van der Waals surface area contributed by atoms with Crippen molar-refractivity contribution < 1.29 is 9.90 Å². The molecule has 1 saturated heterocycles. The Labute approximate surface area is 127 Å². The molecule has 4 heteroatoms. The van der Waals surface area contributed by atoms with E-state index < -0.39 is 0 Å². The molecule has 1 amide bonds. The highest BCUT2D eigenvalue weighted by molar-refractivity contribution is 5.84. The molecule has 0 spiro atoms. The molecule has 1 aliphatic heterocycles. The fourth-order valence-corrected chi connectivity index (χ4v) is 2.84. The van der Waals surface area contributed by atoms with Crippen molar-refractivity contribution in [2.45, 2.75) is 58.2 Å². The molecule has 1 aromatic rings. The minimum Gasteiger partial charge on any atom is -0.508 e.